The van der Waals surface area contributed by atoms with Crippen LogP contribution in [-0.2, 0) is 0 Å². The summed E-state index contributed by atoms with van der Waals surface area (Å²) < 4.78 is 8.37. The lowest BCUT2D eigenvalue weighted by atomic mass is 10.8. The van der Waals surface area contributed by atoms with Crippen molar-refractivity contribution in [2.24, 2.45) is 5.22 Å². The summed E-state index contributed by atoms with van der Waals surface area (Å²) in [5.74, 6) is 0.403. The van der Waals surface area contributed by atoms with E-state index in [1.54, 1.807) is 0 Å². The van der Waals surface area contributed by atoms with Crippen molar-refractivity contribution in [1.29, 1.82) is 0 Å². The van der Waals surface area contributed by atoms with Crippen molar-refractivity contribution in [2.75, 3.05) is 5.75 Å². The summed E-state index contributed by atoms with van der Waals surface area (Å²) in [6.07, 6.45) is 0. The maximum Gasteiger partial charge on any atom is 0.176 e. The van der Waals surface area contributed by atoms with Crippen LogP contribution in [-0.4, -0.2) is 15.7 Å². The van der Waals surface area contributed by atoms with Crippen molar-refractivity contribution in [3.8, 4) is 0 Å². The van der Waals surface area contributed by atoms with Gasteiger partial charge in [-0.25, -0.2) is 5.43 Å². The van der Waals surface area contributed by atoms with Gasteiger partial charge in [0.15, 0.2) is 5.37 Å². The van der Waals surface area contributed by atoms with E-state index in [9.17, 15) is 0 Å². The van der Waals surface area contributed by atoms with Crippen LogP contribution in [0.25, 0.3) is 10.4 Å². The zero-order chi connectivity index (χ0) is 7.11. The number of nitrogens with one attached hydrogen (secondary N) is 1. The van der Waals surface area contributed by atoms with Gasteiger partial charge in [-0.2, -0.15) is 17.5 Å². The predicted octanol–water partition coefficient (Wildman–Crippen LogP) is 1.26. The molecule has 0 saturated heterocycles. The van der Waals surface area contributed by atoms with Crippen LogP contribution in [0.15, 0.2) is 5.22 Å². The van der Waals surface area contributed by atoms with Gasteiger partial charge in [-0.3, -0.25) is 0 Å². The number of thiol groups is 1. The molecular weight excluding hydrogens is 160 g/mol. The molecule has 0 amide bonds. The fourth-order valence-electron chi connectivity index (χ4n) is 0.188. The molecule has 0 aliphatic rings. The molecule has 0 radical (unpaired) electrons. The molecule has 0 saturated carbocycles. The van der Waals surface area contributed by atoms with Crippen LogP contribution < -0.4 is 5.43 Å². The van der Waals surface area contributed by atoms with Crippen LogP contribution in [0.2, 0.25) is 0 Å². The van der Waals surface area contributed by atoms with Gasteiger partial charge < -0.3 is 4.55 Å². The molecule has 1 atom stereocenters. The highest BCUT2D eigenvalue weighted by molar-refractivity contribution is 7.95. The van der Waals surface area contributed by atoms with E-state index in [0.29, 0.717) is 17.8 Å². The van der Waals surface area contributed by atoms with Crippen LogP contribution in [0, 0.1) is 0 Å². The lowest BCUT2D eigenvalue weighted by molar-refractivity contribution is 0.626. The van der Waals surface area contributed by atoms with E-state index < -0.39 is 0 Å². The lowest BCUT2D eigenvalue weighted by Crippen LogP contribution is -2.20. The van der Waals surface area contributed by atoms with E-state index in [-0.39, 0.29) is 5.37 Å². The number of rotatable bonds is 4. The Balaban J connectivity index is 3.42. The third-order valence-corrected chi connectivity index (χ3v) is 1.68. The first-order chi connectivity index (χ1) is 4.35. The van der Waals surface area contributed by atoms with Crippen molar-refractivity contribution in [2.45, 2.75) is 5.37 Å². The lowest BCUT2D eigenvalue weighted by Gasteiger charge is -2.02. The van der Waals surface area contributed by atoms with Gasteiger partial charge >= 0.3 is 0 Å². The molecule has 9 heavy (non-hydrogen) atoms. The molecule has 5 nitrogen and oxygen atoms in total. The molecule has 0 aliphatic carbocycles. The summed E-state index contributed by atoms with van der Waals surface area (Å²) in [5.41, 5.74) is 10.1. The largest absolute Gasteiger partial charge is 0.327 e. The summed E-state index contributed by atoms with van der Waals surface area (Å²) in [6, 6.07) is 0. The average Bonchev–Trinajstić information content (AvgIpc) is 1.91. The van der Waals surface area contributed by atoms with Crippen LogP contribution >= 0.6 is 24.7 Å². The Morgan fingerprint density at radius 2 is 2.67 bits per heavy atom. The fraction of sp³-hybridized carbons (Fsp3) is 1.00. The Hall–Kier alpha value is -0.230. The summed E-state index contributed by atoms with van der Waals surface area (Å²) in [6.45, 7) is 0. The normalized spacial score (nSPS) is 11.8. The molecule has 52 valence electrons. The smallest absolute Gasteiger partial charge is 0.176 e. The van der Waals surface area contributed by atoms with Crippen LogP contribution in [0.5, 0.6) is 0 Å². The molecule has 0 unspecified atom stereocenters. The summed E-state index contributed by atoms with van der Waals surface area (Å²) in [4.78, 5) is 2.43. The van der Waals surface area contributed by atoms with Gasteiger partial charge in [0, 0.05) is 17.8 Å². The van der Waals surface area contributed by atoms with Crippen LogP contribution in [0.4, 0.5) is 0 Å². The van der Waals surface area contributed by atoms with Crippen molar-refractivity contribution < 1.29 is 4.55 Å². The number of nitrogens with zero attached hydrogens (tertiary/aromatic N) is 3. The second-order valence-electron chi connectivity index (χ2n) is 1.10. The minimum atomic E-state index is -0.329. The van der Waals surface area contributed by atoms with Gasteiger partial charge in [0.05, 0.1) is 0 Å². The van der Waals surface area contributed by atoms with Gasteiger partial charge in [-0.05, 0) is 5.22 Å². The monoisotopic (exact) mass is 166 g/mol. The Labute approximate surface area is 62.0 Å². The molecule has 0 aromatic heterocycles. The molecule has 2 N–H and O–H groups in total. The second-order valence-corrected chi connectivity index (χ2v) is 2.24. The number of azide groups is 1. The van der Waals surface area contributed by atoms with Crippen molar-refractivity contribution in [3.63, 3.8) is 0 Å². The highest BCUT2D eigenvalue weighted by Gasteiger charge is 2.04. The molecule has 0 fully saturated rings. The molecule has 0 rings (SSSR count). The maximum absolute atomic E-state index is 8.37. The van der Waals surface area contributed by atoms with E-state index in [0.717, 1.165) is 0 Å². The fourth-order valence-corrected chi connectivity index (χ4v) is 0.631. The van der Waals surface area contributed by atoms with Gasteiger partial charge in [0.2, 0.25) is 0 Å². The van der Waals surface area contributed by atoms with Crippen LogP contribution in [0.3, 0.4) is 0 Å². The molecule has 7 heteroatoms. The average molecular weight is 166 g/mol. The minimum absolute atomic E-state index is 0.329. The van der Waals surface area contributed by atoms with Crippen molar-refractivity contribution >= 4 is 24.7 Å². The highest BCUT2D eigenvalue weighted by atomic mass is 32.2. The summed E-state index contributed by atoms with van der Waals surface area (Å²) >= 11 is 4.40. The first kappa shape index (κ1) is 8.77. The van der Waals surface area contributed by atoms with Crippen LogP contribution in [0.1, 0.15) is 0 Å². The number of hydrogen-bond donors (Lipinski definition) is 3. The zero-order valence-electron chi connectivity index (χ0n) is 4.43. The summed E-state index contributed by atoms with van der Waals surface area (Å²) in [7, 11) is 0. The predicted molar refractivity (Wildman–Crippen MR) is 40.1 cm³/mol. The van der Waals surface area contributed by atoms with E-state index in [1.165, 1.54) is 0 Å². The summed E-state index contributed by atoms with van der Waals surface area (Å²) in [5, 5.41) is 2.69. The van der Waals surface area contributed by atoms with Crippen molar-refractivity contribution in [1.82, 2.24) is 5.43 Å². The molecule has 0 aromatic rings. The topological polar surface area (TPSA) is 81.0 Å². The van der Waals surface area contributed by atoms with E-state index in [4.69, 9.17) is 10.1 Å². The Morgan fingerprint density at radius 3 is 3.00 bits per heavy atom. The van der Waals surface area contributed by atoms with E-state index >= 15 is 0 Å². The molecule has 0 spiro atoms. The Morgan fingerprint density at radius 1 is 2.00 bits per heavy atom. The molecule has 0 bridgehead atoms. The highest BCUT2D eigenvalue weighted by Crippen LogP contribution is 2.02. The Kier molecular flexibility index (Phi) is 5.75. The quantitative estimate of drug-likeness (QED) is 0.112. The van der Waals surface area contributed by atoms with Gasteiger partial charge in [-0.1, -0.05) is 0 Å². The van der Waals surface area contributed by atoms with E-state index in [1.807, 2.05) is 0 Å². The maximum atomic E-state index is 8.37. The Bertz CT molecular complexity index is 109. The molecule has 0 aromatic carbocycles. The zero-order valence-corrected chi connectivity index (χ0v) is 6.14. The SMILES string of the molecule is [N-]=[N+]=NN[C@@H](CS)SO. The first-order valence-corrected chi connectivity index (χ1v) is 3.52. The molecule has 0 aliphatic heterocycles. The van der Waals surface area contributed by atoms with Gasteiger partial charge in [-0.15, -0.1) is 5.53 Å². The third kappa shape index (κ3) is 4.28. The van der Waals surface area contributed by atoms with Gasteiger partial charge in [0.1, 0.15) is 0 Å². The molecule has 0 heterocycles. The third-order valence-electron chi connectivity index (χ3n) is 0.540. The van der Waals surface area contributed by atoms with E-state index in [2.05, 4.69) is 28.2 Å². The number of hydrogen-bond acceptors (Lipinski definition) is 4. The van der Waals surface area contributed by atoms with Gasteiger partial charge in [0.25, 0.3) is 0 Å². The molecular formula is C2H6N4OS2. The standard InChI is InChI=1S/C2H6N4OS2/c3-5-6-4-2(1-8)9-7/h2,4,7-8H,1H2/t2-/m1/s1. The first-order valence-electron chi connectivity index (χ1n) is 2.06. The minimum Gasteiger partial charge on any atom is -0.327 e. The van der Waals surface area contributed by atoms with Crippen molar-refractivity contribution in [3.05, 3.63) is 10.4 Å². The second kappa shape index (κ2) is 5.90.